The Hall–Kier alpha value is -1.06. The largest absolute Gasteiger partial charge is 0.480 e. The minimum atomic E-state index is -0.944. The first-order chi connectivity index (χ1) is 7.55. The summed E-state index contributed by atoms with van der Waals surface area (Å²) in [6, 6.07) is -0.739. The number of carbonyl (C=O) groups is 2. The summed E-state index contributed by atoms with van der Waals surface area (Å²) in [5.74, 6) is -1.01. The molecule has 0 radical (unpaired) electrons. The predicted molar refractivity (Wildman–Crippen MR) is 61.0 cm³/mol. The van der Waals surface area contributed by atoms with Crippen molar-refractivity contribution in [3.8, 4) is 0 Å². The van der Waals surface area contributed by atoms with E-state index in [0.29, 0.717) is 6.42 Å². The van der Waals surface area contributed by atoms with E-state index >= 15 is 0 Å². The molecule has 92 valence electrons. The summed E-state index contributed by atoms with van der Waals surface area (Å²) in [4.78, 5) is 23.0. The Labute approximate surface area is 96.4 Å². The molecule has 1 rings (SSSR count). The first-order valence-electron chi connectivity index (χ1n) is 6.09. The molecule has 1 unspecified atom stereocenters. The summed E-state index contributed by atoms with van der Waals surface area (Å²) < 4.78 is 0. The maximum absolute atomic E-state index is 12.1. The van der Waals surface area contributed by atoms with Crippen LogP contribution in [0, 0.1) is 5.41 Å². The number of hydrogen-bond acceptors (Lipinski definition) is 2. The summed E-state index contributed by atoms with van der Waals surface area (Å²) in [5, 5.41) is 11.6. The second-order valence-electron chi connectivity index (χ2n) is 4.61. The second-order valence-corrected chi connectivity index (χ2v) is 4.61. The number of aliphatic carboxylic acids is 1. The zero-order valence-corrected chi connectivity index (χ0v) is 10.1. The molecule has 0 aromatic heterocycles. The molecule has 0 aromatic rings. The third-order valence-corrected chi connectivity index (χ3v) is 3.73. The number of amides is 1. The third-order valence-electron chi connectivity index (χ3n) is 3.73. The number of carboxylic acids is 1. The van der Waals surface area contributed by atoms with Crippen LogP contribution in [0.15, 0.2) is 0 Å². The quantitative estimate of drug-likeness (QED) is 0.754. The maximum Gasteiger partial charge on any atom is 0.326 e. The van der Waals surface area contributed by atoms with Gasteiger partial charge in [0.1, 0.15) is 6.04 Å². The Balaban J connectivity index is 2.65. The fourth-order valence-electron chi connectivity index (χ4n) is 2.44. The average molecular weight is 227 g/mol. The summed E-state index contributed by atoms with van der Waals surface area (Å²) in [5.41, 5.74) is -0.303. The van der Waals surface area contributed by atoms with Gasteiger partial charge in [-0.3, -0.25) is 4.79 Å². The van der Waals surface area contributed by atoms with Crippen LogP contribution < -0.4 is 5.32 Å². The topological polar surface area (TPSA) is 66.4 Å². The zero-order valence-electron chi connectivity index (χ0n) is 10.1. The number of nitrogens with one attached hydrogen (secondary N) is 1. The van der Waals surface area contributed by atoms with Gasteiger partial charge in [-0.05, 0) is 25.7 Å². The van der Waals surface area contributed by atoms with Gasteiger partial charge >= 0.3 is 5.97 Å². The summed E-state index contributed by atoms with van der Waals surface area (Å²) in [7, 11) is 0. The summed E-state index contributed by atoms with van der Waals surface area (Å²) in [6.07, 6.45) is 5.17. The van der Waals surface area contributed by atoms with Crippen LogP contribution in [0.4, 0.5) is 0 Å². The van der Waals surface area contributed by atoms with Gasteiger partial charge in [0.15, 0.2) is 0 Å². The van der Waals surface area contributed by atoms with Crippen molar-refractivity contribution in [1.82, 2.24) is 5.32 Å². The Morgan fingerprint density at radius 1 is 1.31 bits per heavy atom. The monoisotopic (exact) mass is 227 g/mol. The van der Waals surface area contributed by atoms with Crippen molar-refractivity contribution in [1.29, 1.82) is 0 Å². The molecule has 4 nitrogen and oxygen atoms in total. The first-order valence-corrected chi connectivity index (χ1v) is 6.09. The lowest BCUT2D eigenvalue weighted by atomic mass is 9.82. The minimum Gasteiger partial charge on any atom is -0.480 e. The SMILES string of the molecule is CCC(NC(=O)C1(CC)CCCC1)C(=O)O. The molecule has 1 atom stereocenters. The second kappa shape index (κ2) is 5.32. The van der Waals surface area contributed by atoms with Crippen LogP contribution in [0.25, 0.3) is 0 Å². The van der Waals surface area contributed by atoms with Gasteiger partial charge in [0, 0.05) is 5.41 Å². The zero-order chi connectivity index (χ0) is 12.2. The van der Waals surface area contributed by atoms with Crippen molar-refractivity contribution >= 4 is 11.9 Å². The molecule has 0 spiro atoms. The van der Waals surface area contributed by atoms with Crippen LogP contribution in [0.5, 0.6) is 0 Å². The van der Waals surface area contributed by atoms with E-state index in [1.165, 1.54) is 0 Å². The van der Waals surface area contributed by atoms with E-state index in [9.17, 15) is 9.59 Å². The van der Waals surface area contributed by atoms with Crippen LogP contribution in [-0.4, -0.2) is 23.0 Å². The Bertz CT molecular complexity index is 269. The normalized spacial score (nSPS) is 20.4. The van der Waals surface area contributed by atoms with Crippen LogP contribution in [-0.2, 0) is 9.59 Å². The van der Waals surface area contributed by atoms with Crippen LogP contribution in [0.1, 0.15) is 52.4 Å². The standard InChI is InChI=1S/C12H21NO3/c1-3-9(10(14)15)13-11(16)12(4-2)7-5-6-8-12/h9H,3-8H2,1-2H3,(H,13,16)(H,14,15). The molecule has 0 aliphatic heterocycles. The van der Waals surface area contributed by atoms with E-state index in [1.54, 1.807) is 6.92 Å². The van der Waals surface area contributed by atoms with E-state index in [2.05, 4.69) is 5.32 Å². The molecular weight excluding hydrogens is 206 g/mol. The highest BCUT2D eigenvalue weighted by Gasteiger charge is 2.40. The highest BCUT2D eigenvalue weighted by molar-refractivity contribution is 5.87. The minimum absolute atomic E-state index is 0.0678. The molecule has 0 bridgehead atoms. The molecule has 1 amide bonds. The van der Waals surface area contributed by atoms with E-state index in [4.69, 9.17) is 5.11 Å². The van der Waals surface area contributed by atoms with Crippen molar-refractivity contribution < 1.29 is 14.7 Å². The fourth-order valence-corrected chi connectivity index (χ4v) is 2.44. The summed E-state index contributed by atoms with van der Waals surface area (Å²) >= 11 is 0. The molecule has 16 heavy (non-hydrogen) atoms. The smallest absolute Gasteiger partial charge is 0.326 e. The van der Waals surface area contributed by atoms with Crippen molar-refractivity contribution in [3.05, 3.63) is 0 Å². The van der Waals surface area contributed by atoms with E-state index in [0.717, 1.165) is 32.1 Å². The molecule has 1 saturated carbocycles. The van der Waals surface area contributed by atoms with E-state index in [-0.39, 0.29) is 11.3 Å². The number of rotatable bonds is 5. The molecule has 1 fully saturated rings. The molecule has 4 heteroatoms. The molecule has 0 heterocycles. The maximum atomic E-state index is 12.1. The van der Waals surface area contributed by atoms with Gasteiger partial charge in [0.25, 0.3) is 0 Å². The predicted octanol–water partition coefficient (Wildman–Crippen LogP) is 1.94. The van der Waals surface area contributed by atoms with E-state index in [1.807, 2.05) is 6.92 Å². The van der Waals surface area contributed by atoms with Gasteiger partial charge in [-0.1, -0.05) is 26.7 Å². The van der Waals surface area contributed by atoms with Crippen molar-refractivity contribution in [3.63, 3.8) is 0 Å². The van der Waals surface area contributed by atoms with Crippen LogP contribution in [0.2, 0.25) is 0 Å². The number of carboxylic acid groups (broad SMARTS) is 1. The van der Waals surface area contributed by atoms with Gasteiger partial charge in [-0.2, -0.15) is 0 Å². The third kappa shape index (κ3) is 2.54. The molecule has 0 aromatic carbocycles. The number of carbonyl (C=O) groups excluding carboxylic acids is 1. The Morgan fingerprint density at radius 2 is 1.88 bits per heavy atom. The van der Waals surface area contributed by atoms with Crippen molar-refractivity contribution in [2.45, 2.75) is 58.4 Å². The molecule has 2 N–H and O–H groups in total. The van der Waals surface area contributed by atoms with Crippen LogP contribution >= 0.6 is 0 Å². The molecule has 1 aliphatic rings. The van der Waals surface area contributed by atoms with Crippen molar-refractivity contribution in [2.24, 2.45) is 5.41 Å². The first kappa shape index (κ1) is 13.0. The molecular formula is C12H21NO3. The summed E-state index contributed by atoms with van der Waals surface area (Å²) in [6.45, 7) is 3.78. The molecule has 1 aliphatic carbocycles. The lowest BCUT2D eigenvalue weighted by molar-refractivity contribution is -0.144. The molecule has 0 saturated heterocycles. The van der Waals surface area contributed by atoms with Gasteiger partial charge in [-0.25, -0.2) is 4.79 Å². The highest BCUT2D eigenvalue weighted by Crippen LogP contribution is 2.41. The highest BCUT2D eigenvalue weighted by atomic mass is 16.4. The Morgan fingerprint density at radius 3 is 2.25 bits per heavy atom. The van der Waals surface area contributed by atoms with Crippen LogP contribution in [0.3, 0.4) is 0 Å². The lowest BCUT2D eigenvalue weighted by Crippen LogP contribution is -2.47. The van der Waals surface area contributed by atoms with Gasteiger partial charge in [0.05, 0.1) is 0 Å². The van der Waals surface area contributed by atoms with Gasteiger partial charge < -0.3 is 10.4 Å². The van der Waals surface area contributed by atoms with Crippen molar-refractivity contribution in [2.75, 3.05) is 0 Å². The average Bonchev–Trinajstić information content (AvgIpc) is 2.74. The number of hydrogen-bond donors (Lipinski definition) is 2. The lowest BCUT2D eigenvalue weighted by Gasteiger charge is -2.27. The fraction of sp³-hybridized carbons (Fsp3) is 0.833. The van der Waals surface area contributed by atoms with E-state index < -0.39 is 12.0 Å². The van der Waals surface area contributed by atoms with Gasteiger partial charge in [0.2, 0.25) is 5.91 Å². The van der Waals surface area contributed by atoms with Gasteiger partial charge in [-0.15, -0.1) is 0 Å². The Kier molecular flexibility index (Phi) is 4.33.